The van der Waals surface area contributed by atoms with Gasteiger partial charge in [-0.05, 0) is 35.4 Å². The van der Waals surface area contributed by atoms with E-state index >= 15 is 0 Å². The summed E-state index contributed by atoms with van der Waals surface area (Å²) in [5.74, 6) is 0.107. The summed E-state index contributed by atoms with van der Waals surface area (Å²) < 4.78 is 10.4. The fourth-order valence-corrected chi connectivity index (χ4v) is 2.68. The lowest BCUT2D eigenvalue weighted by atomic mass is 10.1. The van der Waals surface area contributed by atoms with E-state index in [1.54, 1.807) is 31.4 Å². The number of imide groups is 1. The highest BCUT2D eigenvalue weighted by atomic mass is 16.5. The molecule has 27 heavy (non-hydrogen) atoms. The molecule has 0 aromatic heterocycles. The lowest BCUT2D eigenvalue weighted by Crippen LogP contribution is -2.30. The molecule has 3 amide bonds. The number of amides is 3. The van der Waals surface area contributed by atoms with Crippen molar-refractivity contribution < 1.29 is 23.9 Å². The van der Waals surface area contributed by atoms with Crippen molar-refractivity contribution in [3.8, 4) is 5.75 Å². The summed E-state index contributed by atoms with van der Waals surface area (Å²) in [6, 6.07) is 13.9. The van der Waals surface area contributed by atoms with Gasteiger partial charge in [0.2, 0.25) is 5.91 Å². The molecular formula is C20H20N2O5. The number of rotatable bonds is 7. The average molecular weight is 368 g/mol. The first-order chi connectivity index (χ1) is 13.1. The van der Waals surface area contributed by atoms with Crippen LogP contribution in [0.5, 0.6) is 5.75 Å². The van der Waals surface area contributed by atoms with Gasteiger partial charge < -0.3 is 14.8 Å². The number of methoxy groups -OCH3 is 1. The minimum Gasteiger partial charge on any atom is -0.497 e. The van der Waals surface area contributed by atoms with E-state index < -0.39 is 12.0 Å². The van der Waals surface area contributed by atoms with Crippen molar-refractivity contribution in [2.75, 3.05) is 20.3 Å². The van der Waals surface area contributed by atoms with Crippen LogP contribution in [0.3, 0.4) is 0 Å². The molecule has 0 bridgehead atoms. The maximum Gasteiger partial charge on any atom is 0.338 e. The van der Waals surface area contributed by atoms with Crippen LogP contribution in [-0.4, -0.2) is 43.1 Å². The highest BCUT2D eigenvalue weighted by Crippen LogP contribution is 2.13. The molecule has 1 aliphatic rings. The van der Waals surface area contributed by atoms with Gasteiger partial charge in [0.05, 0.1) is 32.4 Å². The van der Waals surface area contributed by atoms with Crippen molar-refractivity contribution in [1.29, 1.82) is 0 Å². The number of hydrogen-bond acceptors (Lipinski definition) is 5. The Morgan fingerprint density at radius 3 is 2.30 bits per heavy atom. The second-order valence-electron chi connectivity index (χ2n) is 6.07. The monoisotopic (exact) mass is 368 g/mol. The summed E-state index contributed by atoms with van der Waals surface area (Å²) in [7, 11) is 1.61. The molecule has 1 fully saturated rings. The number of ether oxygens (including phenoxy) is 2. The zero-order chi connectivity index (χ0) is 19.2. The fourth-order valence-electron chi connectivity index (χ4n) is 2.68. The number of benzene rings is 2. The first-order valence-corrected chi connectivity index (χ1v) is 8.54. The number of carbonyl (C=O) groups is 3. The average Bonchev–Trinajstić information content (AvgIpc) is 3.01. The molecule has 0 radical (unpaired) electrons. The number of nitrogens with zero attached hydrogens (tertiary/aromatic N) is 1. The van der Waals surface area contributed by atoms with Gasteiger partial charge in [-0.15, -0.1) is 0 Å². The zero-order valence-corrected chi connectivity index (χ0v) is 14.9. The summed E-state index contributed by atoms with van der Waals surface area (Å²) in [6.07, 6.45) is 0.611. The fraction of sp³-hybridized carbons (Fsp3) is 0.250. The van der Waals surface area contributed by atoms with Gasteiger partial charge in [0.15, 0.2) is 0 Å². The van der Waals surface area contributed by atoms with Crippen molar-refractivity contribution in [1.82, 2.24) is 10.2 Å². The molecule has 1 heterocycles. The Kier molecular flexibility index (Phi) is 5.71. The lowest BCUT2D eigenvalue weighted by molar-refractivity contribution is -0.125. The van der Waals surface area contributed by atoms with E-state index in [-0.39, 0.29) is 25.6 Å². The van der Waals surface area contributed by atoms with Crippen LogP contribution in [0, 0.1) is 0 Å². The highest BCUT2D eigenvalue weighted by Gasteiger charge is 2.28. The number of esters is 1. The van der Waals surface area contributed by atoms with Gasteiger partial charge in [0.25, 0.3) is 0 Å². The third-order valence-electron chi connectivity index (χ3n) is 4.25. The van der Waals surface area contributed by atoms with Crippen molar-refractivity contribution in [3.05, 3.63) is 65.2 Å². The zero-order valence-electron chi connectivity index (χ0n) is 14.9. The molecule has 1 saturated heterocycles. The molecule has 7 nitrogen and oxygen atoms in total. The van der Waals surface area contributed by atoms with E-state index in [1.807, 2.05) is 24.3 Å². The Balaban J connectivity index is 1.49. The van der Waals surface area contributed by atoms with Gasteiger partial charge in [0, 0.05) is 6.42 Å². The molecule has 7 heteroatoms. The molecule has 2 aromatic rings. The molecule has 0 saturated carbocycles. The summed E-state index contributed by atoms with van der Waals surface area (Å²) in [5, 5.41) is 2.47. The van der Waals surface area contributed by atoms with Crippen molar-refractivity contribution in [3.63, 3.8) is 0 Å². The Hall–Kier alpha value is -3.35. The minimum absolute atomic E-state index is 0.0252. The number of carbonyl (C=O) groups excluding carboxylic acids is 3. The molecule has 1 N–H and O–H groups in total. The summed E-state index contributed by atoms with van der Waals surface area (Å²) >= 11 is 0. The van der Waals surface area contributed by atoms with Crippen LogP contribution in [0.15, 0.2) is 48.5 Å². The topological polar surface area (TPSA) is 84.9 Å². The van der Waals surface area contributed by atoms with Gasteiger partial charge in [-0.25, -0.2) is 9.59 Å². The maximum atomic E-state index is 12.1. The van der Waals surface area contributed by atoms with Crippen LogP contribution in [-0.2, 0) is 22.5 Å². The Labute approximate surface area is 156 Å². The predicted octanol–water partition coefficient (Wildman–Crippen LogP) is 2.15. The van der Waals surface area contributed by atoms with E-state index in [2.05, 4.69) is 5.32 Å². The van der Waals surface area contributed by atoms with Crippen LogP contribution in [0.2, 0.25) is 0 Å². The van der Waals surface area contributed by atoms with E-state index in [4.69, 9.17) is 9.47 Å². The maximum absolute atomic E-state index is 12.1. The second kappa shape index (κ2) is 8.35. The molecule has 3 rings (SSSR count). The van der Waals surface area contributed by atoms with Crippen molar-refractivity contribution >= 4 is 17.9 Å². The van der Waals surface area contributed by atoms with Gasteiger partial charge >= 0.3 is 12.0 Å². The highest BCUT2D eigenvalue weighted by molar-refractivity contribution is 6.01. The van der Waals surface area contributed by atoms with Crippen LogP contribution >= 0.6 is 0 Å². The number of hydrogen-bond donors (Lipinski definition) is 1. The second-order valence-corrected chi connectivity index (χ2v) is 6.07. The molecule has 0 unspecified atom stereocenters. The number of urea groups is 1. The minimum atomic E-state index is -0.412. The summed E-state index contributed by atoms with van der Waals surface area (Å²) in [6.45, 7) is 0.476. The molecule has 140 valence electrons. The first-order valence-electron chi connectivity index (χ1n) is 8.54. The van der Waals surface area contributed by atoms with E-state index in [9.17, 15) is 14.4 Å². The van der Waals surface area contributed by atoms with Gasteiger partial charge in [-0.3, -0.25) is 9.69 Å². The quantitative estimate of drug-likeness (QED) is 0.598. The SMILES string of the molecule is COc1ccc(CCOC(=O)c2ccc(CN3C(=O)CNC3=O)cc2)cc1. The molecule has 1 aliphatic heterocycles. The van der Waals surface area contributed by atoms with Crippen molar-refractivity contribution in [2.24, 2.45) is 0 Å². The van der Waals surface area contributed by atoms with Gasteiger partial charge in [-0.1, -0.05) is 24.3 Å². The molecule has 0 atom stereocenters. The van der Waals surface area contributed by atoms with Gasteiger partial charge in [0.1, 0.15) is 5.75 Å². The van der Waals surface area contributed by atoms with Crippen LogP contribution in [0.25, 0.3) is 0 Å². The van der Waals surface area contributed by atoms with Crippen LogP contribution in [0.1, 0.15) is 21.5 Å². The summed E-state index contributed by atoms with van der Waals surface area (Å²) in [5.41, 5.74) is 2.23. The first kappa shape index (κ1) is 18.4. The molecule has 0 aliphatic carbocycles. The smallest absolute Gasteiger partial charge is 0.338 e. The van der Waals surface area contributed by atoms with Gasteiger partial charge in [-0.2, -0.15) is 0 Å². The Morgan fingerprint density at radius 1 is 1.04 bits per heavy atom. The standard InChI is InChI=1S/C20H20N2O5/c1-26-17-8-4-14(5-9-17)10-11-27-19(24)16-6-2-15(3-7-16)13-22-18(23)12-21-20(22)25/h2-9H,10-13H2,1H3,(H,21,25). The van der Waals surface area contributed by atoms with Crippen LogP contribution in [0.4, 0.5) is 4.79 Å². The third kappa shape index (κ3) is 4.63. The molecular weight excluding hydrogens is 348 g/mol. The van der Waals surface area contributed by atoms with E-state index in [1.165, 1.54) is 0 Å². The molecule has 0 spiro atoms. The van der Waals surface area contributed by atoms with E-state index in [0.29, 0.717) is 12.0 Å². The lowest BCUT2D eigenvalue weighted by Gasteiger charge is -2.12. The number of nitrogens with one attached hydrogen (secondary N) is 1. The van der Waals surface area contributed by atoms with Crippen molar-refractivity contribution in [2.45, 2.75) is 13.0 Å². The normalized spacial score (nSPS) is 13.4. The predicted molar refractivity (Wildman–Crippen MR) is 97.4 cm³/mol. The third-order valence-corrected chi connectivity index (χ3v) is 4.25. The molecule has 2 aromatic carbocycles. The Morgan fingerprint density at radius 2 is 1.70 bits per heavy atom. The van der Waals surface area contributed by atoms with Crippen LogP contribution < -0.4 is 10.1 Å². The Bertz CT molecular complexity index is 814. The largest absolute Gasteiger partial charge is 0.497 e. The van der Waals surface area contributed by atoms with E-state index in [0.717, 1.165) is 21.8 Å². The summed E-state index contributed by atoms with van der Waals surface area (Å²) in [4.78, 5) is 36.4.